The van der Waals surface area contributed by atoms with Crippen LogP contribution in [0.4, 0.5) is 5.13 Å². The van der Waals surface area contributed by atoms with Gasteiger partial charge in [0.05, 0.1) is 28.4 Å². The van der Waals surface area contributed by atoms with Gasteiger partial charge in [-0.2, -0.15) is 0 Å². The second kappa shape index (κ2) is 11.2. The summed E-state index contributed by atoms with van der Waals surface area (Å²) in [5, 5.41) is 12.5. The summed E-state index contributed by atoms with van der Waals surface area (Å²) in [6.45, 7) is 4.73. The molecule has 0 aliphatic carbocycles. The lowest BCUT2D eigenvalue weighted by Crippen LogP contribution is -2.29. The molecule has 1 N–H and O–H groups in total. The number of anilines is 1. The highest BCUT2D eigenvalue weighted by Gasteiger charge is 2.48. The van der Waals surface area contributed by atoms with Gasteiger partial charge in [0.1, 0.15) is 23.4 Å². The molecule has 2 aliphatic rings. The average molecular weight is 589 g/mol. The van der Waals surface area contributed by atoms with E-state index in [9.17, 15) is 14.7 Å². The minimum Gasteiger partial charge on any atom is -0.507 e. The molecule has 4 aromatic rings. The summed E-state index contributed by atoms with van der Waals surface area (Å²) in [4.78, 5) is 33.3. The summed E-state index contributed by atoms with van der Waals surface area (Å²) in [6.07, 6.45) is 3.89. The third-order valence-corrected chi connectivity index (χ3v) is 8.62. The third kappa shape index (κ3) is 5.18. The predicted molar refractivity (Wildman–Crippen MR) is 161 cm³/mol. The zero-order chi connectivity index (χ0) is 28.7. The van der Waals surface area contributed by atoms with Crippen molar-refractivity contribution >= 4 is 55.7 Å². The molecular formula is C32H29ClN2O5S. The van der Waals surface area contributed by atoms with Gasteiger partial charge in [-0.3, -0.25) is 14.5 Å². The van der Waals surface area contributed by atoms with E-state index < -0.39 is 17.7 Å². The number of aliphatic hydroxyl groups excluding tert-OH is 1. The van der Waals surface area contributed by atoms with Crippen LogP contribution in [0.15, 0.2) is 66.2 Å². The minimum absolute atomic E-state index is 0.0100. The van der Waals surface area contributed by atoms with Gasteiger partial charge in [-0.1, -0.05) is 54.8 Å². The first-order valence-corrected chi connectivity index (χ1v) is 14.9. The molecule has 210 valence electrons. The first-order valence-electron chi connectivity index (χ1n) is 13.7. The largest absolute Gasteiger partial charge is 0.507 e. The maximum Gasteiger partial charge on any atom is 0.301 e. The Hall–Kier alpha value is -3.88. The van der Waals surface area contributed by atoms with Gasteiger partial charge in [0, 0.05) is 17.0 Å². The Morgan fingerprint density at radius 2 is 1.93 bits per heavy atom. The van der Waals surface area contributed by atoms with Crippen LogP contribution in [0.3, 0.4) is 0 Å². The molecule has 7 nitrogen and oxygen atoms in total. The molecule has 1 fully saturated rings. The van der Waals surface area contributed by atoms with Crippen molar-refractivity contribution in [2.24, 2.45) is 0 Å². The number of Topliss-reactive ketones (excluding diaryl/α,β-unsaturated/α-hetero) is 1. The Labute approximate surface area is 247 Å². The number of benzene rings is 3. The maximum atomic E-state index is 13.6. The van der Waals surface area contributed by atoms with Crippen LogP contribution < -0.4 is 14.4 Å². The lowest BCUT2D eigenvalue weighted by atomic mass is 9.94. The maximum absolute atomic E-state index is 13.6. The lowest BCUT2D eigenvalue weighted by molar-refractivity contribution is -0.132. The predicted octanol–water partition coefficient (Wildman–Crippen LogP) is 7.47. The van der Waals surface area contributed by atoms with Crippen LogP contribution in [0.5, 0.6) is 11.5 Å². The number of hydrogen-bond acceptors (Lipinski definition) is 7. The van der Waals surface area contributed by atoms with E-state index in [1.165, 1.54) is 16.2 Å². The quantitative estimate of drug-likeness (QED) is 0.0994. The zero-order valence-electron chi connectivity index (χ0n) is 22.7. The van der Waals surface area contributed by atoms with Crippen molar-refractivity contribution in [3.63, 3.8) is 0 Å². The van der Waals surface area contributed by atoms with Gasteiger partial charge in [0.2, 0.25) is 0 Å². The van der Waals surface area contributed by atoms with Crippen molar-refractivity contribution < 1.29 is 24.2 Å². The first-order chi connectivity index (χ1) is 19.8. The molecule has 6 rings (SSSR count). The fraction of sp³-hybridized carbons (Fsp3) is 0.281. The number of rotatable bonds is 8. The summed E-state index contributed by atoms with van der Waals surface area (Å²) >= 11 is 7.47. The second-order valence-electron chi connectivity index (χ2n) is 10.4. The molecule has 3 aromatic carbocycles. The van der Waals surface area contributed by atoms with Crippen molar-refractivity contribution in [2.45, 2.75) is 51.7 Å². The lowest BCUT2D eigenvalue weighted by Gasteiger charge is -2.23. The number of amides is 1. The molecule has 0 radical (unpaired) electrons. The summed E-state index contributed by atoms with van der Waals surface area (Å²) in [5.74, 6) is -0.297. The highest BCUT2D eigenvalue weighted by atomic mass is 35.5. The number of hydrogen-bond donors (Lipinski definition) is 1. The summed E-state index contributed by atoms with van der Waals surface area (Å²) < 4.78 is 12.5. The molecule has 9 heteroatoms. The van der Waals surface area contributed by atoms with Crippen LogP contribution >= 0.6 is 22.9 Å². The van der Waals surface area contributed by atoms with Crippen LogP contribution in [-0.2, 0) is 16.0 Å². The molecule has 2 atom stereocenters. The van der Waals surface area contributed by atoms with E-state index >= 15 is 0 Å². The minimum atomic E-state index is -0.886. The van der Waals surface area contributed by atoms with Crippen LogP contribution in [0.2, 0.25) is 5.02 Å². The highest BCUT2D eigenvalue weighted by Crippen LogP contribution is 2.45. The normalized spacial score (nSPS) is 19.5. The van der Waals surface area contributed by atoms with Crippen molar-refractivity contribution in [3.05, 3.63) is 87.9 Å². The number of thiazole rings is 1. The second-order valence-corrected chi connectivity index (χ2v) is 11.8. The Morgan fingerprint density at radius 3 is 2.71 bits per heavy atom. The number of ether oxygens (including phenoxy) is 2. The van der Waals surface area contributed by atoms with Crippen LogP contribution in [0, 0.1) is 0 Å². The molecule has 0 saturated carbocycles. The molecule has 0 bridgehead atoms. The van der Waals surface area contributed by atoms with E-state index in [1.807, 2.05) is 37.3 Å². The van der Waals surface area contributed by atoms with Crippen molar-refractivity contribution in [2.75, 3.05) is 11.5 Å². The standard InChI is InChI=1S/C32H29ClN2O5S/c1-3-4-5-14-39-23-10-6-19(7-11-23)28-27(29(36)20-8-13-25-21(16-20)15-18(2)40-25)30(37)31(38)35(28)32-34-24-12-9-22(33)17-26(24)41-32/h6-13,16-18,28,36H,3-5,14-15H2,1-2H3. The number of ketones is 1. The average Bonchev–Trinajstić information content (AvgIpc) is 3.63. The van der Waals surface area contributed by atoms with Gasteiger partial charge in [0.25, 0.3) is 5.78 Å². The molecule has 3 heterocycles. The molecule has 2 aliphatic heterocycles. The number of aromatic nitrogens is 1. The van der Waals surface area contributed by atoms with E-state index in [4.69, 9.17) is 21.1 Å². The van der Waals surface area contributed by atoms with Crippen molar-refractivity contribution in [3.8, 4) is 11.5 Å². The Morgan fingerprint density at radius 1 is 1.12 bits per heavy atom. The van der Waals surface area contributed by atoms with Gasteiger partial charge >= 0.3 is 5.91 Å². The van der Waals surface area contributed by atoms with E-state index in [-0.39, 0.29) is 17.4 Å². The molecule has 1 saturated heterocycles. The molecule has 0 spiro atoms. The number of nitrogens with zero attached hydrogens (tertiary/aromatic N) is 2. The van der Waals surface area contributed by atoms with Gasteiger partial charge < -0.3 is 14.6 Å². The number of aliphatic hydroxyl groups is 1. The highest BCUT2D eigenvalue weighted by molar-refractivity contribution is 7.22. The molecule has 1 amide bonds. The molecule has 2 unspecified atom stereocenters. The van der Waals surface area contributed by atoms with Crippen LogP contribution in [-0.4, -0.2) is 34.5 Å². The fourth-order valence-electron chi connectivity index (χ4n) is 5.35. The van der Waals surface area contributed by atoms with Crippen LogP contribution in [0.25, 0.3) is 16.0 Å². The van der Waals surface area contributed by atoms with Gasteiger partial charge in [-0.25, -0.2) is 4.98 Å². The zero-order valence-corrected chi connectivity index (χ0v) is 24.3. The van der Waals surface area contributed by atoms with Gasteiger partial charge in [0.15, 0.2) is 5.13 Å². The topological polar surface area (TPSA) is 89.0 Å². The summed E-state index contributed by atoms with van der Waals surface area (Å²) in [7, 11) is 0. The SMILES string of the molecule is CCCCCOc1ccc(C2C(=C(O)c3ccc4c(c3)CC(C)O4)C(=O)C(=O)N2c2nc3ccc(Cl)cc3s2)cc1. The number of halogens is 1. The Balaban J connectivity index is 1.44. The monoisotopic (exact) mass is 588 g/mol. The number of carbonyl (C=O) groups excluding carboxylic acids is 2. The van der Waals surface area contributed by atoms with E-state index in [1.54, 1.807) is 30.3 Å². The summed E-state index contributed by atoms with van der Waals surface area (Å²) in [6, 6.07) is 17.0. The smallest absolute Gasteiger partial charge is 0.301 e. The first kappa shape index (κ1) is 27.3. The van der Waals surface area contributed by atoms with Gasteiger partial charge in [-0.05, 0) is 73.0 Å². The van der Waals surface area contributed by atoms with E-state index in [0.717, 1.165) is 35.3 Å². The summed E-state index contributed by atoms with van der Waals surface area (Å²) in [5.41, 5.74) is 2.73. The molecular weight excluding hydrogens is 560 g/mol. The number of carbonyl (C=O) groups is 2. The fourth-order valence-corrected chi connectivity index (χ4v) is 6.62. The molecule has 41 heavy (non-hydrogen) atoms. The van der Waals surface area contributed by atoms with Gasteiger partial charge in [-0.15, -0.1) is 0 Å². The van der Waals surface area contributed by atoms with Crippen LogP contribution in [0.1, 0.15) is 55.8 Å². The third-order valence-electron chi connectivity index (χ3n) is 7.37. The van der Waals surface area contributed by atoms with E-state index in [2.05, 4.69) is 11.9 Å². The van der Waals surface area contributed by atoms with E-state index in [0.29, 0.717) is 45.6 Å². The van der Waals surface area contributed by atoms with Crippen molar-refractivity contribution in [1.82, 2.24) is 4.98 Å². The Kier molecular flexibility index (Phi) is 7.45. The Bertz CT molecular complexity index is 1680. The number of fused-ring (bicyclic) bond motifs is 2. The molecule has 1 aromatic heterocycles. The number of unbranched alkanes of at least 4 members (excludes halogenated alkanes) is 2. The van der Waals surface area contributed by atoms with Crippen molar-refractivity contribution in [1.29, 1.82) is 0 Å².